The Bertz CT molecular complexity index is 1630. The van der Waals surface area contributed by atoms with Gasteiger partial charge < -0.3 is 10.6 Å². The monoisotopic (exact) mass is 556 g/mol. The SMILES string of the molecule is Cc1ccc(-c2nnc(NC(=O)Nc3ccc(C)c(NC(=O)Nc4nnc(-c5ccc(C)cc5)s4)c3)s2)cc1. The average Bonchev–Trinajstić information content (AvgIpc) is 3.57. The van der Waals surface area contributed by atoms with Gasteiger partial charge >= 0.3 is 12.1 Å². The molecule has 0 unspecified atom stereocenters. The molecular weight excluding hydrogens is 532 g/mol. The van der Waals surface area contributed by atoms with Crippen molar-refractivity contribution in [1.82, 2.24) is 20.4 Å². The van der Waals surface area contributed by atoms with E-state index in [1.165, 1.54) is 22.7 Å². The van der Waals surface area contributed by atoms with E-state index in [9.17, 15) is 9.59 Å². The molecule has 4 N–H and O–H groups in total. The van der Waals surface area contributed by atoms with Crippen LogP contribution in [0, 0.1) is 20.8 Å². The largest absolute Gasteiger partial charge is 0.325 e. The van der Waals surface area contributed by atoms with Crippen molar-refractivity contribution in [2.75, 3.05) is 21.3 Å². The first-order valence-corrected chi connectivity index (χ1v) is 13.5. The van der Waals surface area contributed by atoms with Gasteiger partial charge in [0.2, 0.25) is 10.3 Å². The minimum Gasteiger partial charge on any atom is -0.308 e. The zero-order valence-corrected chi connectivity index (χ0v) is 22.9. The topological polar surface area (TPSA) is 134 Å². The van der Waals surface area contributed by atoms with E-state index in [0.717, 1.165) is 27.8 Å². The molecule has 4 amide bonds. The number of rotatable bonds is 6. The molecule has 0 atom stereocenters. The first kappa shape index (κ1) is 25.9. The second kappa shape index (κ2) is 11.4. The van der Waals surface area contributed by atoms with Crippen LogP contribution >= 0.6 is 22.7 Å². The number of aromatic nitrogens is 4. The summed E-state index contributed by atoms with van der Waals surface area (Å²) in [6, 6.07) is 20.1. The Labute approximate surface area is 232 Å². The fraction of sp³-hybridized carbons (Fsp3) is 0.111. The minimum atomic E-state index is -0.474. The van der Waals surface area contributed by atoms with E-state index < -0.39 is 12.1 Å². The summed E-state index contributed by atoms with van der Waals surface area (Å²) < 4.78 is 0. The molecule has 0 aliphatic carbocycles. The lowest BCUT2D eigenvalue weighted by Gasteiger charge is -2.11. The molecule has 0 aliphatic rings. The van der Waals surface area contributed by atoms with Gasteiger partial charge in [0, 0.05) is 22.5 Å². The molecule has 2 aromatic heterocycles. The van der Waals surface area contributed by atoms with Crippen molar-refractivity contribution in [2.45, 2.75) is 20.8 Å². The number of anilines is 4. The van der Waals surface area contributed by atoms with Crippen LogP contribution in [-0.4, -0.2) is 32.5 Å². The quantitative estimate of drug-likeness (QED) is 0.179. The van der Waals surface area contributed by atoms with E-state index in [4.69, 9.17) is 0 Å². The maximum absolute atomic E-state index is 12.6. The molecule has 0 spiro atoms. The van der Waals surface area contributed by atoms with Gasteiger partial charge in [0.1, 0.15) is 10.0 Å². The highest BCUT2D eigenvalue weighted by Gasteiger charge is 2.13. The summed E-state index contributed by atoms with van der Waals surface area (Å²) in [5.41, 5.74) is 6.01. The van der Waals surface area contributed by atoms with E-state index >= 15 is 0 Å². The highest BCUT2D eigenvalue weighted by Crippen LogP contribution is 2.28. The summed E-state index contributed by atoms with van der Waals surface area (Å²) in [4.78, 5) is 25.2. The summed E-state index contributed by atoms with van der Waals surface area (Å²) in [5, 5.41) is 29.6. The maximum Gasteiger partial charge on any atom is 0.325 e. The van der Waals surface area contributed by atoms with Crippen LogP contribution in [0.2, 0.25) is 0 Å². The Morgan fingerprint density at radius 3 is 1.59 bits per heavy atom. The molecule has 196 valence electrons. The van der Waals surface area contributed by atoms with Gasteiger partial charge in [-0.15, -0.1) is 20.4 Å². The molecule has 10 nitrogen and oxygen atoms in total. The van der Waals surface area contributed by atoms with Crippen LogP contribution in [-0.2, 0) is 0 Å². The van der Waals surface area contributed by atoms with Crippen molar-refractivity contribution in [3.8, 4) is 21.1 Å². The number of hydrogen-bond acceptors (Lipinski definition) is 8. The zero-order chi connectivity index (χ0) is 27.4. The van der Waals surface area contributed by atoms with E-state index in [-0.39, 0.29) is 0 Å². The number of carbonyl (C=O) groups excluding carboxylic acids is 2. The number of carbonyl (C=O) groups is 2. The molecule has 2 heterocycles. The van der Waals surface area contributed by atoms with Gasteiger partial charge in [-0.3, -0.25) is 10.6 Å². The third-order valence-corrected chi connectivity index (χ3v) is 7.41. The van der Waals surface area contributed by atoms with Gasteiger partial charge in [-0.2, -0.15) is 0 Å². The van der Waals surface area contributed by atoms with Gasteiger partial charge in [-0.25, -0.2) is 9.59 Å². The number of hydrogen-bond donors (Lipinski definition) is 4. The Balaban J connectivity index is 1.18. The molecule has 5 rings (SSSR count). The molecule has 0 saturated carbocycles. The van der Waals surface area contributed by atoms with E-state index in [0.29, 0.717) is 31.7 Å². The number of aryl methyl sites for hydroxylation is 3. The third-order valence-electron chi connectivity index (χ3n) is 5.63. The molecule has 0 aliphatic heterocycles. The zero-order valence-electron chi connectivity index (χ0n) is 21.3. The maximum atomic E-state index is 12.6. The van der Waals surface area contributed by atoms with Crippen LogP contribution < -0.4 is 21.3 Å². The van der Waals surface area contributed by atoms with Crippen molar-refractivity contribution < 1.29 is 9.59 Å². The Morgan fingerprint density at radius 2 is 1.08 bits per heavy atom. The lowest BCUT2D eigenvalue weighted by atomic mass is 10.2. The van der Waals surface area contributed by atoms with E-state index in [1.807, 2.05) is 69.3 Å². The number of nitrogens with one attached hydrogen (secondary N) is 4. The summed E-state index contributed by atoms with van der Waals surface area (Å²) in [6.07, 6.45) is 0. The molecule has 0 fully saturated rings. The van der Waals surface area contributed by atoms with Crippen LogP contribution in [0.1, 0.15) is 16.7 Å². The molecule has 0 saturated heterocycles. The number of benzene rings is 3. The fourth-order valence-electron chi connectivity index (χ4n) is 3.52. The van der Waals surface area contributed by atoms with Crippen molar-refractivity contribution in [2.24, 2.45) is 0 Å². The van der Waals surface area contributed by atoms with Crippen LogP contribution in [0.5, 0.6) is 0 Å². The molecular formula is C27H24N8O2S2. The highest BCUT2D eigenvalue weighted by molar-refractivity contribution is 7.19. The van der Waals surface area contributed by atoms with Crippen molar-refractivity contribution in [3.63, 3.8) is 0 Å². The predicted octanol–water partition coefficient (Wildman–Crippen LogP) is 6.94. The summed E-state index contributed by atoms with van der Waals surface area (Å²) in [6.45, 7) is 5.88. The Morgan fingerprint density at radius 1 is 0.590 bits per heavy atom. The molecule has 0 radical (unpaired) electrons. The number of nitrogens with zero attached hydrogens (tertiary/aromatic N) is 4. The fourth-order valence-corrected chi connectivity index (χ4v) is 5.01. The van der Waals surface area contributed by atoms with Gasteiger partial charge in [0.15, 0.2) is 0 Å². The van der Waals surface area contributed by atoms with Gasteiger partial charge in [-0.1, -0.05) is 88.4 Å². The summed E-state index contributed by atoms with van der Waals surface area (Å²) in [5.74, 6) is 0. The molecule has 3 aromatic carbocycles. The van der Waals surface area contributed by atoms with Crippen LogP contribution in [0.3, 0.4) is 0 Å². The molecule has 39 heavy (non-hydrogen) atoms. The van der Waals surface area contributed by atoms with Crippen LogP contribution in [0.15, 0.2) is 66.7 Å². The lowest BCUT2D eigenvalue weighted by Crippen LogP contribution is -2.21. The van der Waals surface area contributed by atoms with Crippen molar-refractivity contribution in [3.05, 3.63) is 83.4 Å². The Hall–Kier alpha value is -4.68. The molecule has 0 bridgehead atoms. The highest BCUT2D eigenvalue weighted by atomic mass is 32.1. The van der Waals surface area contributed by atoms with Gasteiger partial charge in [0.05, 0.1) is 0 Å². The van der Waals surface area contributed by atoms with Gasteiger partial charge in [0.25, 0.3) is 0 Å². The van der Waals surface area contributed by atoms with E-state index in [1.54, 1.807) is 18.2 Å². The number of urea groups is 2. The van der Waals surface area contributed by atoms with Crippen LogP contribution in [0.25, 0.3) is 21.1 Å². The summed E-state index contributed by atoms with van der Waals surface area (Å²) >= 11 is 2.56. The van der Waals surface area contributed by atoms with E-state index in [2.05, 4.69) is 41.7 Å². The third kappa shape index (κ3) is 6.61. The second-order valence-electron chi connectivity index (χ2n) is 8.74. The van der Waals surface area contributed by atoms with Crippen LogP contribution in [0.4, 0.5) is 31.2 Å². The first-order valence-electron chi connectivity index (χ1n) is 11.9. The molecule has 12 heteroatoms. The van der Waals surface area contributed by atoms with Crippen molar-refractivity contribution in [1.29, 1.82) is 0 Å². The standard InChI is InChI=1S/C27H24N8O2S2/c1-15-4-9-18(10-5-15)22-32-34-26(38-22)30-24(36)28-20-13-8-17(3)21(14-20)29-25(37)31-27-35-33-23(39-27)19-11-6-16(2)7-12-19/h4-14H,1-3H3,(H2,28,30,34,36)(H2,29,31,35,37). The smallest absolute Gasteiger partial charge is 0.308 e. The van der Waals surface area contributed by atoms with Crippen molar-refractivity contribution >= 4 is 56.4 Å². The summed E-state index contributed by atoms with van der Waals surface area (Å²) in [7, 11) is 0. The second-order valence-corrected chi connectivity index (χ2v) is 10.7. The lowest BCUT2D eigenvalue weighted by molar-refractivity contribution is 0.261. The average molecular weight is 557 g/mol. The predicted molar refractivity (Wildman–Crippen MR) is 157 cm³/mol. The first-order chi connectivity index (χ1) is 18.8. The molecule has 5 aromatic rings. The minimum absolute atomic E-state index is 0.370. The number of amides is 4. The normalized spacial score (nSPS) is 10.6. The van der Waals surface area contributed by atoms with Gasteiger partial charge in [-0.05, 0) is 38.5 Å². The Kier molecular flexibility index (Phi) is 7.57.